The minimum absolute atomic E-state index is 0.363. The van der Waals surface area contributed by atoms with Gasteiger partial charge in [-0.25, -0.2) is 0 Å². The molecule has 19 heavy (non-hydrogen) atoms. The van der Waals surface area contributed by atoms with E-state index in [2.05, 4.69) is 35.8 Å². The van der Waals surface area contributed by atoms with Crippen LogP contribution in [0.15, 0.2) is 46.9 Å². The van der Waals surface area contributed by atoms with Crippen molar-refractivity contribution in [2.45, 2.75) is 19.8 Å². The van der Waals surface area contributed by atoms with Crippen LogP contribution in [-0.2, 0) is 0 Å². The van der Waals surface area contributed by atoms with E-state index in [9.17, 15) is 4.79 Å². The van der Waals surface area contributed by atoms with Crippen LogP contribution >= 0.6 is 15.9 Å². The minimum Gasteiger partial charge on any atom is -0.457 e. The van der Waals surface area contributed by atoms with E-state index in [4.69, 9.17) is 4.74 Å². The van der Waals surface area contributed by atoms with Gasteiger partial charge >= 0.3 is 0 Å². The number of hydrogen-bond donors (Lipinski definition) is 0. The molecular weight excluding hydrogens is 304 g/mol. The highest BCUT2D eigenvalue weighted by Crippen LogP contribution is 2.32. The van der Waals surface area contributed by atoms with Crippen LogP contribution < -0.4 is 4.74 Å². The van der Waals surface area contributed by atoms with Gasteiger partial charge in [0, 0.05) is 10.0 Å². The average molecular weight is 319 g/mol. The number of rotatable bonds is 4. The summed E-state index contributed by atoms with van der Waals surface area (Å²) >= 11 is 3.47. The second-order valence-electron chi connectivity index (χ2n) is 4.63. The Bertz CT molecular complexity index is 591. The van der Waals surface area contributed by atoms with E-state index in [1.807, 2.05) is 24.3 Å². The molecule has 98 valence electrons. The summed E-state index contributed by atoms with van der Waals surface area (Å²) in [5.74, 6) is 1.86. The summed E-state index contributed by atoms with van der Waals surface area (Å²) < 4.78 is 6.92. The molecule has 0 aliphatic rings. The van der Waals surface area contributed by atoms with Crippen LogP contribution in [0.2, 0.25) is 0 Å². The lowest BCUT2D eigenvalue weighted by atomic mass is 10.0. The van der Waals surface area contributed by atoms with E-state index in [0.717, 1.165) is 22.1 Å². The maximum absolute atomic E-state index is 10.8. The Kier molecular flexibility index (Phi) is 4.38. The molecule has 0 saturated carbocycles. The van der Waals surface area contributed by atoms with Crippen LogP contribution in [0.4, 0.5) is 0 Å². The van der Waals surface area contributed by atoms with Crippen LogP contribution in [0.5, 0.6) is 11.5 Å². The van der Waals surface area contributed by atoms with Crippen molar-refractivity contribution >= 4 is 22.2 Å². The maximum Gasteiger partial charge on any atom is 0.150 e. The van der Waals surface area contributed by atoms with Gasteiger partial charge in [0.2, 0.25) is 0 Å². The zero-order chi connectivity index (χ0) is 13.8. The largest absolute Gasteiger partial charge is 0.457 e. The Hall–Kier alpha value is -1.61. The molecule has 0 atom stereocenters. The van der Waals surface area contributed by atoms with Gasteiger partial charge in [0.1, 0.15) is 17.8 Å². The SMILES string of the molecule is CC(C)c1cc(Br)ccc1Oc1cccc(C=O)c1. The lowest BCUT2D eigenvalue weighted by Crippen LogP contribution is -1.94. The number of carbonyl (C=O) groups excluding carboxylic acids is 1. The third-order valence-electron chi connectivity index (χ3n) is 2.82. The molecule has 0 fully saturated rings. The van der Waals surface area contributed by atoms with E-state index < -0.39 is 0 Å². The first-order chi connectivity index (χ1) is 9.10. The predicted molar refractivity (Wildman–Crippen MR) is 80.1 cm³/mol. The van der Waals surface area contributed by atoms with Gasteiger partial charge in [0.25, 0.3) is 0 Å². The highest BCUT2D eigenvalue weighted by molar-refractivity contribution is 9.10. The summed E-state index contributed by atoms with van der Waals surface area (Å²) in [6.07, 6.45) is 0.817. The van der Waals surface area contributed by atoms with Gasteiger partial charge in [-0.1, -0.05) is 41.9 Å². The summed E-state index contributed by atoms with van der Waals surface area (Å²) in [5, 5.41) is 0. The minimum atomic E-state index is 0.363. The van der Waals surface area contributed by atoms with Crippen molar-refractivity contribution < 1.29 is 9.53 Å². The molecule has 0 N–H and O–H groups in total. The fourth-order valence-electron chi connectivity index (χ4n) is 1.84. The summed E-state index contributed by atoms with van der Waals surface area (Å²) in [6.45, 7) is 4.24. The number of benzene rings is 2. The normalized spacial score (nSPS) is 10.5. The molecule has 0 aliphatic heterocycles. The van der Waals surface area contributed by atoms with Crippen molar-refractivity contribution in [2.75, 3.05) is 0 Å². The Balaban J connectivity index is 2.34. The molecule has 2 rings (SSSR count). The van der Waals surface area contributed by atoms with Gasteiger partial charge in [-0.3, -0.25) is 4.79 Å². The highest BCUT2D eigenvalue weighted by Gasteiger charge is 2.09. The number of hydrogen-bond acceptors (Lipinski definition) is 2. The van der Waals surface area contributed by atoms with Gasteiger partial charge in [-0.2, -0.15) is 0 Å². The molecule has 0 aliphatic carbocycles. The Morgan fingerprint density at radius 2 is 1.95 bits per heavy atom. The number of halogens is 1. The third kappa shape index (κ3) is 3.44. The Morgan fingerprint density at radius 1 is 1.16 bits per heavy atom. The van der Waals surface area contributed by atoms with Gasteiger partial charge in [0.05, 0.1) is 0 Å². The quantitative estimate of drug-likeness (QED) is 0.726. The lowest BCUT2D eigenvalue weighted by Gasteiger charge is -2.14. The standard InChI is InChI=1S/C16H15BrO2/c1-11(2)15-9-13(17)6-7-16(15)19-14-5-3-4-12(8-14)10-18/h3-11H,1-2H3. The molecule has 0 saturated heterocycles. The van der Waals surface area contributed by atoms with Crippen molar-refractivity contribution in [1.82, 2.24) is 0 Å². The summed E-state index contributed by atoms with van der Waals surface area (Å²) in [5.41, 5.74) is 1.74. The molecule has 0 aromatic heterocycles. The van der Waals surface area contributed by atoms with Gasteiger partial charge in [-0.15, -0.1) is 0 Å². The van der Waals surface area contributed by atoms with Crippen LogP contribution in [0.25, 0.3) is 0 Å². The molecule has 2 aromatic carbocycles. The lowest BCUT2D eigenvalue weighted by molar-refractivity contribution is 0.112. The molecule has 2 aromatic rings. The highest BCUT2D eigenvalue weighted by atomic mass is 79.9. The van der Waals surface area contributed by atoms with E-state index >= 15 is 0 Å². The summed E-state index contributed by atoms with van der Waals surface area (Å²) in [7, 11) is 0. The second kappa shape index (κ2) is 6.02. The fourth-order valence-corrected chi connectivity index (χ4v) is 2.22. The van der Waals surface area contributed by atoms with Crippen molar-refractivity contribution in [3.05, 3.63) is 58.1 Å². The van der Waals surface area contributed by atoms with Crippen LogP contribution in [0, 0.1) is 0 Å². The second-order valence-corrected chi connectivity index (χ2v) is 5.54. The smallest absolute Gasteiger partial charge is 0.150 e. The Labute approximate surface area is 121 Å². The molecule has 0 bridgehead atoms. The van der Waals surface area contributed by atoms with E-state index in [1.165, 1.54) is 0 Å². The molecule has 0 radical (unpaired) electrons. The van der Waals surface area contributed by atoms with Crippen molar-refractivity contribution in [3.63, 3.8) is 0 Å². The predicted octanol–water partition coefficient (Wildman–Crippen LogP) is 5.18. The van der Waals surface area contributed by atoms with Crippen molar-refractivity contribution in [1.29, 1.82) is 0 Å². The van der Waals surface area contributed by atoms with E-state index in [0.29, 0.717) is 17.2 Å². The Morgan fingerprint density at radius 3 is 2.63 bits per heavy atom. The number of ether oxygens (including phenoxy) is 1. The zero-order valence-corrected chi connectivity index (χ0v) is 12.5. The van der Waals surface area contributed by atoms with Crippen LogP contribution in [0.1, 0.15) is 35.7 Å². The van der Waals surface area contributed by atoms with E-state index in [-0.39, 0.29) is 0 Å². The van der Waals surface area contributed by atoms with Gasteiger partial charge in [0.15, 0.2) is 0 Å². The fraction of sp³-hybridized carbons (Fsp3) is 0.188. The first kappa shape index (κ1) is 13.8. The van der Waals surface area contributed by atoms with Gasteiger partial charge in [-0.05, 0) is 41.8 Å². The van der Waals surface area contributed by atoms with Gasteiger partial charge < -0.3 is 4.74 Å². The van der Waals surface area contributed by atoms with E-state index in [1.54, 1.807) is 12.1 Å². The molecule has 2 nitrogen and oxygen atoms in total. The summed E-state index contributed by atoms with van der Waals surface area (Å²) in [6, 6.07) is 13.1. The summed E-state index contributed by atoms with van der Waals surface area (Å²) in [4.78, 5) is 10.8. The first-order valence-corrected chi connectivity index (χ1v) is 6.92. The third-order valence-corrected chi connectivity index (χ3v) is 3.31. The monoisotopic (exact) mass is 318 g/mol. The van der Waals surface area contributed by atoms with Crippen molar-refractivity contribution in [3.8, 4) is 11.5 Å². The molecular formula is C16H15BrO2. The molecule has 0 unspecified atom stereocenters. The van der Waals surface area contributed by atoms with Crippen LogP contribution in [-0.4, -0.2) is 6.29 Å². The molecule has 0 heterocycles. The number of aldehydes is 1. The molecule has 3 heteroatoms. The van der Waals surface area contributed by atoms with Crippen molar-refractivity contribution in [2.24, 2.45) is 0 Å². The maximum atomic E-state index is 10.8. The molecule has 0 amide bonds. The first-order valence-electron chi connectivity index (χ1n) is 6.12. The topological polar surface area (TPSA) is 26.3 Å². The van der Waals surface area contributed by atoms with Crippen LogP contribution in [0.3, 0.4) is 0 Å². The number of carbonyl (C=O) groups is 1. The molecule has 0 spiro atoms. The zero-order valence-electron chi connectivity index (χ0n) is 10.9. The average Bonchev–Trinajstić information content (AvgIpc) is 2.41.